The van der Waals surface area contributed by atoms with Crippen LogP contribution in [-0.4, -0.2) is 23.1 Å². The van der Waals surface area contributed by atoms with E-state index in [0.717, 1.165) is 15.2 Å². The van der Waals surface area contributed by atoms with E-state index in [-0.39, 0.29) is 30.4 Å². The number of hydrazone groups is 1. The summed E-state index contributed by atoms with van der Waals surface area (Å²) < 4.78 is 0.803. The number of aromatic hydroxyl groups is 1. The van der Waals surface area contributed by atoms with Crippen molar-refractivity contribution in [1.82, 2.24) is 5.43 Å². The number of rotatable bonds is 7. The lowest BCUT2D eigenvalue weighted by atomic mass is 10.0. The summed E-state index contributed by atoms with van der Waals surface area (Å²) in [7, 11) is 0. The highest BCUT2D eigenvalue weighted by atomic mass is 79.9. The fraction of sp³-hybridized carbons (Fsp3) is 0.136. The summed E-state index contributed by atoms with van der Waals surface area (Å²) in [5, 5.41) is 18.6. The zero-order chi connectivity index (χ0) is 20.6. The molecule has 0 atom stereocenters. The molecule has 0 bridgehead atoms. The molecule has 3 aromatic carbocycles. The number of anilines is 1. The van der Waals surface area contributed by atoms with E-state index in [2.05, 4.69) is 31.8 Å². The first-order chi connectivity index (χ1) is 14.0. The van der Waals surface area contributed by atoms with E-state index in [9.17, 15) is 14.7 Å². The highest BCUT2D eigenvalue weighted by Gasteiger charge is 2.08. The van der Waals surface area contributed by atoms with Gasteiger partial charge in [0.05, 0.1) is 11.9 Å². The molecule has 3 rings (SSSR count). The van der Waals surface area contributed by atoms with Crippen molar-refractivity contribution in [2.24, 2.45) is 5.10 Å². The standard InChI is InChI=1S/C22H20BrN3O3/c23-18-8-3-4-9-19(18)25-21(28)10-5-11-22(29)26-24-14-17-16-7-2-1-6-15(16)12-13-20(17)27/h1-4,6-9,12-14,27H,5,10-11H2,(H,25,28)(H,26,29)/b24-14+. The largest absolute Gasteiger partial charge is 0.507 e. The molecule has 6 nitrogen and oxygen atoms in total. The Labute approximate surface area is 176 Å². The fourth-order valence-electron chi connectivity index (χ4n) is 2.83. The first kappa shape index (κ1) is 20.5. The Morgan fingerprint density at radius 3 is 2.52 bits per heavy atom. The quantitative estimate of drug-likeness (QED) is 0.361. The summed E-state index contributed by atoms with van der Waals surface area (Å²) >= 11 is 3.37. The van der Waals surface area contributed by atoms with Crippen LogP contribution in [0.1, 0.15) is 24.8 Å². The molecule has 7 heteroatoms. The van der Waals surface area contributed by atoms with Crippen molar-refractivity contribution in [3.63, 3.8) is 0 Å². The normalized spacial score (nSPS) is 10.9. The fourth-order valence-corrected chi connectivity index (χ4v) is 3.21. The molecule has 0 saturated carbocycles. The Kier molecular flexibility index (Phi) is 6.97. The lowest BCUT2D eigenvalue weighted by molar-refractivity contribution is -0.121. The maximum absolute atomic E-state index is 12.0. The smallest absolute Gasteiger partial charge is 0.240 e. The number of phenols is 1. The zero-order valence-corrected chi connectivity index (χ0v) is 17.1. The number of carbonyl (C=O) groups is 2. The molecular weight excluding hydrogens is 434 g/mol. The second-order valence-corrected chi connectivity index (χ2v) is 7.25. The lowest BCUT2D eigenvalue weighted by Crippen LogP contribution is -2.18. The molecule has 0 heterocycles. The molecule has 0 unspecified atom stereocenters. The number of fused-ring (bicyclic) bond motifs is 1. The topological polar surface area (TPSA) is 90.8 Å². The van der Waals surface area contributed by atoms with Gasteiger partial charge >= 0.3 is 0 Å². The summed E-state index contributed by atoms with van der Waals surface area (Å²) in [6.07, 6.45) is 2.22. The molecule has 0 spiro atoms. The predicted molar refractivity (Wildman–Crippen MR) is 118 cm³/mol. The number of nitrogens with zero attached hydrogens (tertiary/aromatic N) is 1. The van der Waals surface area contributed by atoms with Gasteiger partial charge in [-0.05, 0) is 51.3 Å². The van der Waals surface area contributed by atoms with E-state index < -0.39 is 0 Å². The van der Waals surface area contributed by atoms with Gasteiger partial charge in [-0.2, -0.15) is 5.10 Å². The van der Waals surface area contributed by atoms with Gasteiger partial charge < -0.3 is 10.4 Å². The van der Waals surface area contributed by atoms with E-state index in [1.165, 1.54) is 6.21 Å². The highest BCUT2D eigenvalue weighted by molar-refractivity contribution is 9.10. The molecular formula is C22H20BrN3O3. The Hall–Kier alpha value is -3.19. The van der Waals surface area contributed by atoms with Gasteiger partial charge in [0, 0.05) is 22.9 Å². The number of hydrogen-bond acceptors (Lipinski definition) is 4. The molecule has 3 N–H and O–H groups in total. The van der Waals surface area contributed by atoms with Crippen molar-refractivity contribution in [3.05, 3.63) is 70.7 Å². The Morgan fingerprint density at radius 1 is 0.966 bits per heavy atom. The van der Waals surface area contributed by atoms with Crippen molar-refractivity contribution < 1.29 is 14.7 Å². The molecule has 0 aliphatic rings. The molecule has 29 heavy (non-hydrogen) atoms. The van der Waals surface area contributed by atoms with E-state index in [0.29, 0.717) is 17.7 Å². The minimum atomic E-state index is -0.297. The van der Waals surface area contributed by atoms with Crippen LogP contribution in [0.3, 0.4) is 0 Å². The van der Waals surface area contributed by atoms with Gasteiger partial charge in [-0.25, -0.2) is 5.43 Å². The average Bonchev–Trinajstić information content (AvgIpc) is 2.71. The lowest BCUT2D eigenvalue weighted by Gasteiger charge is -2.07. The van der Waals surface area contributed by atoms with Crippen LogP contribution in [0.15, 0.2) is 70.2 Å². The van der Waals surface area contributed by atoms with Crippen LogP contribution in [0.5, 0.6) is 5.75 Å². The van der Waals surface area contributed by atoms with Gasteiger partial charge in [-0.3, -0.25) is 9.59 Å². The van der Waals surface area contributed by atoms with Crippen LogP contribution < -0.4 is 10.7 Å². The van der Waals surface area contributed by atoms with E-state index in [1.54, 1.807) is 12.1 Å². The van der Waals surface area contributed by atoms with Gasteiger partial charge in [0.2, 0.25) is 11.8 Å². The van der Waals surface area contributed by atoms with Crippen molar-refractivity contribution >= 4 is 50.4 Å². The minimum absolute atomic E-state index is 0.0884. The Bertz CT molecular complexity index is 1070. The summed E-state index contributed by atoms with van der Waals surface area (Å²) in [6, 6.07) is 18.3. The number of nitrogens with one attached hydrogen (secondary N) is 2. The molecule has 0 aromatic heterocycles. The molecule has 0 fully saturated rings. The van der Waals surface area contributed by atoms with Crippen molar-refractivity contribution in [3.8, 4) is 5.75 Å². The maximum atomic E-state index is 12.0. The van der Waals surface area contributed by atoms with E-state index in [4.69, 9.17) is 0 Å². The van der Waals surface area contributed by atoms with Crippen molar-refractivity contribution in [2.75, 3.05) is 5.32 Å². The molecule has 0 saturated heterocycles. The number of amides is 2. The molecule has 0 radical (unpaired) electrons. The number of hydrogen-bond donors (Lipinski definition) is 3. The minimum Gasteiger partial charge on any atom is -0.507 e. The van der Waals surface area contributed by atoms with Crippen LogP contribution in [0, 0.1) is 0 Å². The van der Waals surface area contributed by atoms with Crippen molar-refractivity contribution in [2.45, 2.75) is 19.3 Å². The van der Waals surface area contributed by atoms with Crippen LogP contribution >= 0.6 is 15.9 Å². The van der Waals surface area contributed by atoms with Gasteiger partial charge in [0.15, 0.2) is 0 Å². The third-order valence-corrected chi connectivity index (χ3v) is 4.98. The highest BCUT2D eigenvalue weighted by Crippen LogP contribution is 2.25. The second kappa shape index (κ2) is 9.84. The van der Waals surface area contributed by atoms with Crippen LogP contribution in [0.2, 0.25) is 0 Å². The van der Waals surface area contributed by atoms with E-state index >= 15 is 0 Å². The molecule has 0 aliphatic heterocycles. The zero-order valence-electron chi connectivity index (χ0n) is 15.6. The Morgan fingerprint density at radius 2 is 1.69 bits per heavy atom. The molecule has 148 valence electrons. The van der Waals surface area contributed by atoms with Gasteiger partial charge in [0.1, 0.15) is 5.75 Å². The third-order valence-electron chi connectivity index (χ3n) is 4.29. The predicted octanol–water partition coefficient (Wildman–Crippen LogP) is 4.57. The summed E-state index contributed by atoms with van der Waals surface area (Å²) in [5.74, 6) is -0.367. The monoisotopic (exact) mass is 453 g/mol. The van der Waals surface area contributed by atoms with Crippen LogP contribution in [-0.2, 0) is 9.59 Å². The van der Waals surface area contributed by atoms with Gasteiger partial charge in [0.25, 0.3) is 0 Å². The van der Waals surface area contributed by atoms with Crippen LogP contribution in [0.25, 0.3) is 10.8 Å². The van der Waals surface area contributed by atoms with E-state index in [1.807, 2.05) is 48.5 Å². The molecule has 3 aromatic rings. The number of para-hydroxylation sites is 1. The number of carbonyl (C=O) groups excluding carboxylic acids is 2. The number of phenolic OH excluding ortho intramolecular Hbond substituents is 1. The first-order valence-corrected chi connectivity index (χ1v) is 9.91. The van der Waals surface area contributed by atoms with Gasteiger partial charge in [-0.1, -0.05) is 42.5 Å². The van der Waals surface area contributed by atoms with Gasteiger partial charge in [-0.15, -0.1) is 0 Å². The van der Waals surface area contributed by atoms with Crippen LogP contribution in [0.4, 0.5) is 5.69 Å². The van der Waals surface area contributed by atoms with Crippen molar-refractivity contribution in [1.29, 1.82) is 0 Å². The number of halogens is 1. The first-order valence-electron chi connectivity index (χ1n) is 9.11. The third kappa shape index (κ3) is 5.65. The number of benzene rings is 3. The summed E-state index contributed by atoms with van der Waals surface area (Å²) in [5.41, 5.74) is 3.67. The average molecular weight is 454 g/mol. The maximum Gasteiger partial charge on any atom is 0.240 e. The summed E-state index contributed by atoms with van der Waals surface area (Å²) in [6.45, 7) is 0. The SMILES string of the molecule is O=C(CCCC(=O)Nc1ccccc1Br)N/N=C/c1c(O)ccc2ccccc12. The second-order valence-electron chi connectivity index (χ2n) is 6.39. The molecule has 2 amide bonds. The molecule has 0 aliphatic carbocycles. The summed E-state index contributed by atoms with van der Waals surface area (Å²) in [4.78, 5) is 23.9. The Balaban J connectivity index is 1.48.